The smallest absolute Gasteiger partial charge is 0.310 e. The maximum atomic E-state index is 11.5. The first-order chi connectivity index (χ1) is 12.5. The van der Waals surface area contributed by atoms with Crippen molar-refractivity contribution in [2.75, 3.05) is 0 Å². The highest BCUT2D eigenvalue weighted by molar-refractivity contribution is 5.77. The first-order valence-electron chi connectivity index (χ1n) is 8.97. The number of hydrogen-bond donors (Lipinski definition) is 1. The molecule has 1 N–H and O–H groups in total. The van der Waals surface area contributed by atoms with Gasteiger partial charge in [0.15, 0.2) is 0 Å². The zero-order chi connectivity index (χ0) is 18.6. The lowest BCUT2D eigenvalue weighted by Crippen LogP contribution is -2.29. The van der Waals surface area contributed by atoms with E-state index in [2.05, 4.69) is 67.6 Å². The summed E-state index contributed by atoms with van der Waals surface area (Å²) in [4.78, 5) is 11.5. The highest BCUT2D eigenvalue weighted by Gasteiger charge is 2.32. The van der Waals surface area contributed by atoms with Crippen molar-refractivity contribution in [1.29, 1.82) is 0 Å². The van der Waals surface area contributed by atoms with E-state index in [1.54, 1.807) is 6.92 Å². The topological polar surface area (TPSA) is 37.3 Å². The van der Waals surface area contributed by atoms with Crippen molar-refractivity contribution in [3.05, 3.63) is 102 Å². The highest BCUT2D eigenvalue weighted by Crippen LogP contribution is 2.39. The number of rotatable bonds is 5. The Morgan fingerprint density at radius 1 is 1.08 bits per heavy atom. The van der Waals surface area contributed by atoms with Gasteiger partial charge in [0.2, 0.25) is 0 Å². The van der Waals surface area contributed by atoms with Crippen LogP contribution in [-0.4, -0.2) is 11.1 Å². The van der Waals surface area contributed by atoms with E-state index in [-0.39, 0.29) is 5.41 Å². The number of allylic oxidation sites excluding steroid dienone is 5. The van der Waals surface area contributed by atoms with Crippen LogP contribution in [0, 0.1) is 5.92 Å². The van der Waals surface area contributed by atoms with Crippen LogP contribution in [0.4, 0.5) is 0 Å². The number of benzene rings is 2. The van der Waals surface area contributed by atoms with Crippen molar-refractivity contribution in [2.24, 2.45) is 5.92 Å². The monoisotopic (exact) mass is 344 g/mol. The minimum atomic E-state index is -0.808. The summed E-state index contributed by atoms with van der Waals surface area (Å²) in [6.45, 7) is 3.94. The highest BCUT2D eigenvalue weighted by atomic mass is 16.4. The lowest BCUT2D eigenvalue weighted by molar-refractivity contribution is -0.138. The lowest BCUT2D eigenvalue weighted by atomic mass is 9.68. The van der Waals surface area contributed by atoms with Crippen LogP contribution in [0.5, 0.6) is 0 Å². The van der Waals surface area contributed by atoms with E-state index in [1.807, 2.05) is 30.3 Å². The Morgan fingerprint density at radius 2 is 1.77 bits per heavy atom. The minimum absolute atomic E-state index is 0.240. The van der Waals surface area contributed by atoms with E-state index in [0.717, 1.165) is 11.1 Å². The van der Waals surface area contributed by atoms with Crippen molar-refractivity contribution >= 4 is 12.0 Å². The van der Waals surface area contributed by atoms with E-state index < -0.39 is 11.9 Å². The number of carboxylic acid groups (broad SMARTS) is 1. The fourth-order valence-electron chi connectivity index (χ4n) is 3.56. The molecule has 0 saturated carbocycles. The third kappa shape index (κ3) is 3.41. The fraction of sp³-hybridized carbons (Fsp3) is 0.208. The van der Waals surface area contributed by atoms with Crippen LogP contribution < -0.4 is 0 Å². The number of carboxylic acids is 1. The molecule has 1 aliphatic rings. The molecular formula is C24H24O2. The second-order valence-corrected chi connectivity index (χ2v) is 6.85. The third-order valence-corrected chi connectivity index (χ3v) is 5.28. The zero-order valence-electron chi connectivity index (χ0n) is 15.2. The molecule has 2 nitrogen and oxygen atoms in total. The van der Waals surface area contributed by atoms with Crippen molar-refractivity contribution in [3.8, 4) is 0 Å². The van der Waals surface area contributed by atoms with E-state index in [0.29, 0.717) is 5.92 Å². The quantitative estimate of drug-likeness (QED) is 0.768. The van der Waals surface area contributed by atoms with Crippen LogP contribution in [0.15, 0.2) is 85.0 Å². The lowest BCUT2D eigenvalue weighted by Gasteiger charge is -2.35. The summed E-state index contributed by atoms with van der Waals surface area (Å²) in [5.41, 5.74) is 2.78. The van der Waals surface area contributed by atoms with Crippen molar-refractivity contribution in [2.45, 2.75) is 25.2 Å². The molecule has 0 heterocycles. The van der Waals surface area contributed by atoms with Gasteiger partial charge in [-0.25, -0.2) is 0 Å². The van der Waals surface area contributed by atoms with E-state index in [9.17, 15) is 9.90 Å². The Labute approximate surface area is 155 Å². The summed E-state index contributed by atoms with van der Waals surface area (Å²) in [5.74, 6) is -1.05. The van der Waals surface area contributed by atoms with Crippen LogP contribution in [0.25, 0.3) is 6.08 Å². The maximum absolute atomic E-state index is 11.5. The zero-order valence-corrected chi connectivity index (χ0v) is 15.2. The van der Waals surface area contributed by atoms with Gasteiger partial charge in [0.25, 0.3) is 0 Å². The maximum Gasteiger partial charge on any atom is 0.310 e. The van der Waals surface area contributed by atoms with Crippen molar-refractivity contribution < 1.29 is 9.90 Å². The number of hydrogen-bond acceptors (Lipinski definition) is 1. The van der Waals surface area contributed by atoms with Gasteiger partial charge in [-0.2, -0.15) is 0 Å². The molecule has 2 aromatic rings. The average molecular weight is 344 g/mol. The average Bonchev–Trinajstić information content (AvgIpc) is 2.68. The number of aliphatic carboxylic acids is 1. The first kappa shape index (κ1) is 17.9. The molecule has 132 valence electrons. The van der Waals surface area contributed by atoms with Crippen LogP contribution >= 0.6 is 0 Å². The van der Waals surface area contributed by atoms with Crippen LogP contribution in [-0.2, 0) is 10.2 Å². The fourth-order valence-corrected chi connectivity index (χ4v) is 3.56. The molecule has 0 radical (unpaired) electrons. The van der Waals surface area contributed by atoms with E-state index in [4.69, 9.17) is 0 Å². The summed E-state index contributed by atoms with van der Waals surface area (Å²) >= 11 is 0. The van der Waals surface area contributed by atoms with Gasteiger partial charge in [-0.05, 0) is 29.5 Å². The molecule has 0 saturated heterocycles. The van der Waals surface area contributed by atoms with Crippen LogP contribution in [0.1, 0.15) is 36.5 Å². The van der Waals surface area contributed by atoms with Crippen LogP contribution in [0.2, 0.25) is 0 Å². The summed E-state index contributed by atoms with van der Waals surface area (Å²) in [7, 11) is 0. The molecule has 2 aromatic carbocycles. The minimum Gasteiger partial charge on any atom is -0.481 e. The van der Waals surface area contributed by atoms with Gasteiger partial charge in [-0.1, -0.05) is 98.0 Å². The molecule has 2 heteroatoms. The Morgan fingerprint density at radius 3 is 2.46 bits per heavy atom. The summed E-state index contributed by atoms with van der Waals surface area (Å²) in [5, 5.41) is 9.40. The Kier molecular flexibility index (Phi) is 5.22. The standard InChI is InChI=1S/C24H24O2/c1-18-10-8-9-16-24(18,21-12-4-3-5-13-21)17-15-20-11-6-7-14-22(20)19(2)23(25)26/h3-19H,1-2H3,(H,25,26). The molecule has 0 spiro atoms. The largest absolute Gasteiger partial charge is 0.481 e. The van der Waals surface area contributed by atoms with Gasteiger partial charge < -0.3 is 5.11 Å². The second-order valence-electron chi connectivity index (χ2n) is 6.85. The molecule has 0 amide bonds. The molecule has 3 unspecified atom stereocenters. The van der Waals surface area contributed by atoms with Gasteiger partial charge >= 0.3 is 5.97 Å². The van der Waals surface area contributed by atoms with Gasteiger partial charge in [-0.3, -0.25) is 4.79 Å². The second kappa shape index (κ2) is 7.57. The molecule has 3 rings (SSSR count). The summed E-state index contributed by atoms with van der Waals surface area (Å²) in [6.07, 6.45) is 12.9. The predicted molar refractivity (Wildman–Crippen MR) is 107 cm³/mol. The molecule has 0 aromatic heterocycles. The predicted octanol–water partition coefficient (Wildman–Crippen LogP) is 5.59. The van der Waals surface area contributed by atoms with Crippen molar-refractivity contribution in [3.63, 3.8) is 0 Å². The Hall–Kier alpha value is -2.87. The first-order valence-corrected chi connectivity index (χ1v) is 8.97. The molecule has 0 bridgehead atoms. The SMILES string of the molecule is CC(C(=O)O)c1ccccc1C=CC1(c2ccccc2)C=CC=CC1C. The van der Waals surface area contributed by atoms with Gasteiger partial charge in [0, 0.05) is 5.41 Å². The molecule has 0 fully saturated rings. The third-order valence-electron chi connectivity index (χ3n) is 5.28. The van der Waals surface area contributed by atoms with E-state index in [1.165, 1.54) is 5.56 Å². The van der Waals surface area contributed by atoms with Gasteiger partial charge in [-0.15, -0.1) is 0 Å². The molecular weight excluding hydrogens is 320 g/mol. The van der Waals surface area contributed by atoms with E-state index >= 15 is 0 Å². The van der Waals surface area contributed by atoms with Crippen molar-refractivity contribution in [1.82, 2.24) is 0 Å². The Bertz CT molecular complexity index is 861. The summed E-state index contributed by atoms with van der Waals surface area (Å²) in [6, 6.07) is 18.2. The summed E-state index contributed by atoms with van der Waals surface area (Å²) < 4.78 is 0. The normalized spacial score (nSPS) is 23.2. The molecule has 3 atom stereocenters. The van der Waals surface area contributed by atoms with Gasteiger partial charge in [0.05, 0.1) is 5.92 Å². The van der Waals surface area contributed by atoms with Gasteiger partial charge in [0.1, 0.15) is 0 Å². The Balaban J connectivity index is 2.06. The molecule has 1 aliphatic carbocycles. The van der Waals surface area contributed by atoms with Crippen LogP contribution in [0.3, 0.4) is 0 Å². The molecule has 0 aliphatic heterocycles. The molecule has 26 heavy (non-hydrogen) atoms. The number of carbonyl (C=O) groups is 1.